The Morgan fingerprint density at radius 1 is 0.778 bits per heavy atom. The maximum absolute atomic E-state index is 12.0. The fourth-order valence-electron chi connectivity index (χ4n) is 0.356. The maximum atomic E-state index is 12.0. The van der Waals surface area contributed by atoms with Gasteiger partial charge in [-0.2, -0.15) is 39.5 Å². The van der Waals surface area contributed by atoms with Crippen LogP contribution in [0.15, 0.2) is 0 Å². The molecule has 0 aromatic heterocycles. The highest BCUT2D eigenvalue weighted by atomic mass is 127. The molecular weight excluding hydrogens is 400 g/mol. The van der Waals surface area contributed by atoms with E-state index in [0.29, 0.717) is 0 Å². The van der Waals surface area contributed by atoms with Crippen molar-refractivity contribution in [2.24, 2.45) is 11.5 Å². The molecule has 0 aromatic carbocycles. The van der Waals surface area contributed by atoms with Gasteiger partial charge in [0.15, 0.2) is 5.96 Å². The summed E-state index contributed by atoms with van der Waals surface area (Å²) in [6.45, 7) is 0. The topological polar surface area (TPSA) is 75.9 Å². The molecule has 0 unspecified atom stereocenters. The lowest BCUT2D eigenvalue weighted by Crippen LogP contribution is -2.58. The Hall–Kier alpha value is -0.630. The summed E-state index contributed by atoms with van der Waals surface area (Å²) in [4.78, 5) is 0. The summed E-state index contributed by atoms with van der Waals surface area (Å²) >= 11 is -0.479. The molecule has 13 heteroatoms. The molecular formula is C5H5F9IN3. The van der Waals surface area contributed by atoms with Gasteiger partial charge in [-0.3, -0.25) is 5.41 Å². The Morgan fingerprint density at radius 3 is 1.06 bits per heavy atom. The van der Waals surface area contributed by atoms with Crippen LogP contribution in [0.25, 0.3) is 0 Å². The summed E-state index contributed by atoms with van der Waals surface area (Å²) in [6, 6.07) is 0. The molecule has 0 rings (SSSR count). The Kier molecular flexibility index (Phi) is 6.09. The zero-order valence-corrected chi connectivity index (χ0v) is 10.1. The molecule has 0 fully saturated rings. The Morgan fingerprint density at radius 2 is 1.00 bits per heavy atom. The van der Waals surface area contributed by atoms with Gasteiger partial charge in [0, 0.05) is 22.6 Å². The number of nitrogens with two attached hydrogens (primary N) is 2. The SMILES string of the molecule is FC(F)(F)C(F)(F)C(F)(F)C(F)(F)I.N=C(N)N. The van der Waals surface area contributed by atoms with E-state index in [1.165, 1.54) is 0 Å². The molecule has 0 aliphatic rings. The van der Waals surface area contributed by atoms with Crippen molar-refractivity contribution in [1.82, 2.24) is 0 Å². The summed E-state index contributed by atoms with van der Waals surface area (Å²) in [5.41, 5.74) is 8.94. The van der Waals surface area contributed by atoms with Crippen LogP contribution in [0.5, 0.6) is 0 Å². The van der Waals surface area contributed by atoms with Gasteiger partial charge in [-0.25, -0.2) is 0 Å². The van der Waals surface area contributed by atoms with Gasteiger partial charge in [-0.15, -0.1) is 0 Å². The zero-order chi connectivity index (χ0) is 15.6. The first kappa shape index (κ1) is 19.7. The monoisotopic (exact) mass is 405 g/mol. The first-order chi connectivity index (χ1) is 7.48. The lowest BCUT2D eigenvalue weighted by molar-refractivity contribution is -0.378. The number of nitrogens with one attached hydrogen (secondary N) is 1. The van der Waals surface area contributed by atoms with Crippen LogP contribution in [0, 0.1) is 5.41 Å². The van der Waals surface area contributed by atoms with Crippen LogP contribution in [-0.2, 0) is 0 Å². The minimum Gasteiger partial charge on any atom is -0.370 e. The molecule has 0 bridgehead atoms. The van der Waals surface area contributed by atoms with Crippen LogP contribution in [0.2, 0.25) is 0 Å². The van der Waals surface area contributed by atoms with E-state index in [-0.39, 0.29) is 5.96 Å². The van der Waals surface area contributed by atoms with Crippen LogP contribution in [0.4, 0.5) is 39.5 Å². The summed E-state index contributed by atoms with van der Waals surface area (Å²) in [7, 11) is 0. The molecule has 18 heavy (non-hydrogen) atoms. The summed E-state index contributed by atoms with van der Waals surface area (Å²) in [5, 5.41) is 6.06. The molecule has 0 amide bonds. The lowest BCUT2D eigenvalue weighted by atomic mass is 10.2. The Bertz CT molecular complexity index is 266. The highest BCUT2D eigenvalue weighted by Gasteiger charge is 2.81. The molecule has 0 aliphatic heterocycles. The highest BCUT2D eigenvalue weighted by Crippen LogP contribution is 2.55. The van der Waals surface area contributed by atoms with Crippen LogP contribution in [0.3, 0.4) is 0 Å². The van der Waals surface area contributed by atoms with E-state index in [0.717, 1.165) is 0 Å². The molecule has 5 N–H and O–H groups in total. The van der Waals surface area contributed by atoms with E-state index in [2.05, 4.69) is 11.5 Å². The van der Waals surface area contributed by atoms with Gasteiger partial charge in [0.05, 0.1) is 0 Å². The standard InChI is InChI=1S/C4F9I.CH5N3/c5-1(6,3(9,10)11)2(7,8)4(12,13)14;2-1(3)4/h;(H5,2,3,4). The van der Waals surface area contributed by atoms with Crippen molar-refractivity contribution in [3.63, 3.8) is 0 Å². The van der Waals surface area contributed by atoms with E-state index >= 15 is 0 Å². The molecule has 0 heterocycles. The maximum Gasteiger partial charge on any atom is 0.460 e. The van der Waals surface area contributed by atoms with Gasteiger partial charge in [0.1, 0.15) is 0 Å². The van der Waals surface area contributed by atoms with Crippen molar-refractivity contribution in [1.29, 1.82) is 5.41 Å². The number of alkyl halides is 10. The van der Waals surface area contributed by atoms with Crippen molar-refractivity contribution in [3.8, 4) is 0 Å². The molecule has 0 saturated carbocycles. The third kappa shape index (κ3) is 4.56. The third-order valence-corrected chi connectivity index (χ3v) is 1.78. The van der Waals surface area contributed by atoms with E-state index < -0.39 is 44.5 Å². The number of rotatable bonds is 2. The number of hydrogen-bond acceptors (Lipinski definition) is 1. The molecule has 110 valence electrons. The quantitative estimate of drug-likeness (QED) is 0.217. The predicted octanol–water partition coefficient (Wildman–Crippen LogP) is 2.69. The minimum atomic E-state index is -6.77. The van der Waals surface area contributed by atoms with E-state index in [1.807, 2.05) is 0 Å². The highest BCUT2D eigenvalue weighted by molar-refractivity contribution is 14.1. The second-order valence-corrected chi connectivity index (χ2v) is 3.95. The van der Waals surface area contributed by atoms with Gasteiger partial charge < -0.3 is 11.5 Å². The van der Waals surface area contributed by atoms with E-state index in [1.54, 1.807) is 0 Å². The van der Waals surface area contributed by atoms with Gasteiger partial charge >= 0.3 is 22.0 Å². The molecule has 0 atom stereocenters. The lowest BCUT2D eigenvalue weighted by Gasteiger charge is -2.30. The fraction of sp³-hybridized carbons (Fsp3) is 0.800. The minimum absolute atomic E-state index is 0.333. The third-order valence-electron chi connectivity index (χ3n) is 1.11. The summed E-state index contributed by atoms with van der Waals surface area (Å²) in [6.07, 6.45) is -6.73. The largest absolute Gasteiger partial charge is 0.460 e. The van der Waals surface area contributed by atoms with Gasteiger partial charge in [-0.1, -0.05) is 0 Å². The van der Waals surface area contributed by atoms with Crippen molar-refractivity contribution in [2.75, 3.05) is 0 Å². The number of halogens is 10. The second kappa shape index (κ2) is 5.56. The second-order valence-electron chi connectivity index (χ2n) is 2.60. The summed E-state index contributed by atoms with van der Waals surface area (Å²) < 4.78 is 99.6. The van der Waals surface area contributed by atoms with E-state index in [9.17, 15) is 39.5 Å². The van der Waals surface area contributed by atoms with Gasteiger partial charge in [-0.05, 0) is 0 Å². The number of guanidine groups is 1. The van der Waals surface area contributed by atoms with Crippen LogP contribution >= 0.6 is 22.6 Å². The van der Waals surface area contributed by atoms with Crippen LogP contribution in [-0.4, -0.2) is 27.9 Å². The first-order valence-electron chi connectivity index (χ1n) is 3.47. The van der Waals surface area contributed by atoms with Crippen molar-refractivity contribution in [2.45, 2.75) is 22.0 Å². The summed E-state index contributed by atoms with van der Waals surface area (Å²) in [5.74, 6) is -13.6. The normalized spacial score (nSPS) is 13.7. The Balaban J connectivity index is 0. The molecule has 3 nitrogen and oxygen atoms in total. The van der Waals surface area contributed by atoms with Gasteiger partial charge in [0.2, 0.25) is 0 Å². The molecule has 0 saturated heterocycles. The average molecular weight is 405 g/mol. The van der Waals surface area contributed by atoms with Gasteiger partial charge in [0.25, 0.3) is 0 Å². The number of hydrogen-bond donors (Lipinski definition) is 3. The van der Waals surface area contributed by atoms with E-state index in [4.69, 9.17) is 5.41 Å². The van der Waals surface area contributed by atoms with Crippen LogP contribution < -0.4 is 11.5 Å². The first-order valence-corrected chi connectivity index (χ1v) is 4.55. The average Bonchev–Trinajstić information content (AvgIpc) is 1.97. The van der Waals surface area contributed by atoms with Crippen LogP contribution in [0.1, 0.15) is 0 Å². The molecule has 0 radical (unpaired) electrons. The molecule has 0 spiro atoms. The Labute approximate surface area is 107 Å². The van der Waals surface area contributed by atoms with Crippen molar-refractivity contribution >= 4 is 28.6 Å². The fourth-order valence-corrected chi connectivity index (χ4v) is 0.695. The smallest absolute Gasteiger partial charge is 0.370 e. The molecule has 0 aromatic rings. The zero-order valence-electron chi connectivity index (χ0n) is 7.93. The molecule has 0 aliphatic carbocycles. The van der Waals surface area contributed by atoms with Crippen molar-refractivity contribution in [3.05, 3.63) is 0 Å². The van der Waals surface area contributed by atoms with Crippen molar-refractivity contribution < 1.29 is 39.5 Å². The predicted molar refractivity (Wildman–Crippen MR) is 51.0 cm³/mol.